The minimum Gasteiger partial charge on any atom is -0.465 e. The van der Waals surface area contributed by atoms with Crippen molar-refractivity contribution in [2.75, 3.05) is 7.11 Å². The van der Waals surface area contributed by atoms with Crippen LogP contribution in [0.25, 0.3) is 10.9 Å². The highest BCUT2D eigenvalue weighted by Gasteiger charge is 2.13. The summed E-state index contributed by atoms with van der Waals surface area (Å²) in [5.74, 6) is -0.359. The number of H-pyrrole nitrogens is 1. The van der Waals surface area contributed by atoms with E-state index in [-0.39, 0.29) is 5.97 Å². The molecule has 2 rings (SSSR count). The Morgan fingerprint density at radius 1 is 1.47 bits per heavy atom. The zero-order valence-electron chi connectivity index (χ0n) is 8.63. The molecule has 1 aromatic heterocycles. The molecule has 1 N–H and O–H groups in total. The second-order valence-corrected chi connectivity index (χ2v) is 3.42. The van der Waals surface area contributed by atoms with Crippen LogP contribution in [0.2, 0.25) is 0 Å². The summed E-state index contributed by atoms with van der Waals surface area (Å²) in [6.45, 7) is 1.94. The molecule has 3 nitrogen and oxygen atoms in total. The van der Waals surface area contributed by atoms with Crippen LogP contribution < -0.4 is 5.46 Å². The molecule has 0 fully saturated rings. The number of aryl methyl sites for hydroxylation is 1. The van der Waals surface area contributed by atoms with Gasteiger partial charge in [-0.3, -0.25) is 0 Å². The first-order valence-corrected chi connectivity index (χ1v) is 4.59. The van der Waals surface area contributed by atoms with Crippen LogP contribution in [0.3, 0.4) is 0 Å². The van der Waals surface area contributed by atoms with Crippen LogP contribution >= 0.6 is 0 Å². The summed E-state index contributed by atoms with van der Waals surface area (Å²) in [6.07, 6.45) is 1.83. The Bertz CT molecular complexity index is 531. The Kier molecular flexibility index (Phi) is 2.27. The average molecular weight is 199 g/mol. The third-order valence-corrected chi connectivity index (χ3v) is 2.47. The highest BCUT2D eigenvalue weighted by Crippen LogP contribution is 2.19. The van der Waals surface area contributed by atoms with Crippen LogP contribution in [0.1, 0.15) is 15.9 Å². The quantitative estimate of drug-likeness (QED) is 0.551. The molecule has 4 heteroatoms. The number of ether oxygens (including phenoxy) is 1. The third-order valence-electron chi connectivity index (χ3n) is 2.47. The molecule has 0 aliphatic rings. The number of carbonyl (C=O) groups is 1. The van der Waals surface area contributed by atoms with Gasteiger partial charge in [0.05, 0.1) is 18.2 Å². The number of aromatic amines is 1. The van der Waals surface area contributed by atoms with Crippen LogP contribution in [0.5, 0.6) is 0 Å². The number of nitrogens with one attached hydrogen (secondary N) is 1. The van der Waals surface area contributed by atoms with Crippen molar-refractivity contribution in [3.05, 3.63) is 29.5 Å². The lowest BCUT2D eigenvalue weighted by molar-refractivity contribution is 0.0603. The van der Waals surface area contributed by atoms with E-state index in [1.54, 1.807) is 12.1 Å². The number of carbonyl (C=O) groups excluding carboxylic acids is 1. The summed E-state index contributed by atoms with van der Waals surface area (Å²) < 4.78 is 4.69. The molecule has 2 aromatic rings. The van der Waals surface area contributed by atoms with Gasteiger partial charge in [0.2, 0.25) is 0 Å². The summed E-state index contributed by atoms with van der Waals surface area (Å²) in [7, 11) is 7.20. The first-order valence-electron chi connectivity index (χ1n) is 4.59. The summed E-state index contributed by atoms with van der Waals surface area (Å²) in [5.41, 5.74) is 2.93. The highest BCUT2D eigenvalue weighted by atomic mass is 16.5. The van der Waals surface area contributed by atoms with Gasteiger partial charge >= 0.3 is 5.97 Å². The topological polar surface area (TPSA) is 42.1 Å². The van der Waals surface area contributed by atoms with Gasteiger partial charge in [-0.1, -0.05) is 11.5 Å². The molecule has 0 aliphatic heterocycles. The summed E-state index contributed by atoms with van der Waals surface area (Å²) in [5, 5.41) is 0.887. The first-order chi connectivity index (χ1) is 7.15. The van der Waals surface area contributed by atoms with Crippen LogP contribution in [-0.4, -0.2) is 25.9 Å². The molecule has 0 saturated heterocycles. The van der Waals surface area contributed by atoms with Gasteiger partial charge in [-0.15, -0.1) is 0 Å². The van der Waals surface area contributed by atoms with Crippen LogP contribution in [0.15, 0.2) is 18.3 Å². The molecule has 0 saturated carbocycles. The highest BCUT2D eigenvalue weighted by molar-refractivity contribution is 6.39. The van der Waals surface area contributed by atoms with E-state index in [1.165, 1.54) is 7.11 Å². The van der Waals surface area contributed by atoms with Gasteiger partial charge in [-0.05, 0) is 23.9 Å². The third kappa shape index (κ3) is 1.42. The predicted octanol–water partition coefficient (Wildman–Crippen LogP) is 1.06. The Morgan fingerprint density at radius 2 is 2.20 bits per heavy atom. The number of rotatable bonds is 1. The fourth-order valence-corrected chi connectivity index (χ4v) is 1.73. The molecule has 74 valence electrons. The van der Waals surface area contributed by atoms with E-state index in [1.807, 2.05) is 13.1 Å². The molecule has 1 aromatic carbocycles. The molecular weight excluding hydrogens is 189 g/mol. The number of hydrogen-bond acceptors (Lipinski definition) is 2. The lowest BCUT2D eigenvalue weighted by Gasteiger charge is -2.04. The van der Waals surface area contributed by atoms with E-state index in [0.717, 1.165) is 16.5 Å². The molecule has 0 atom stereocenters. The number of fused-ring (bicyclic) bond motifs is 1. The molecular formula is C11H10BNO2. The Labute approximate surface area is 88.8 Å². The maximum Gasteiger partial charge on any atom is 0.339 e. The van der Waals surface area contributed by atoms with E-state index in [4.69, 9.17) is 12.6 Å². The van der Waals surface area contributed by atoms with Crippen LogP contribution in [0, 0.1) is 6.92 Å². The molecule has 1 heterocycles. The second-order valence-electron chi connectivity index (χ2n) is 3.42. The average Bonchev–Trinajstić information content (AvgIpc) is 2.61. The largest absolute Gasteiger partial charge is 0.465 e. The van der Waals surface area contributed by atoms with Gasteiger partial charge in [0.1, 0.15) is 7.85 Å². The Hall–Kier alpha value is -1.71. The lowest BCUT2D eigenvalue weighted by Crippen LogP contribution is -2.09. The van der Waals surface area contributed by atoms with Crippen molar-refractivity contribution in [1.82, 2.24) is 4.98 Å². The van der Waals surface area contributed by atoms with E-state index in [9.17, 15) is 4.79 Å². The van der Waals surface area contributed by atoms with Gasteiger partial charge in [0.25, 0.3) is 0 Å². The standard InChI is InChI=1S/C11H10BNO2/c1-6-5-13-10-7(11(14)15-2)3-4-8(12)9(6)10/h3-5,13H,1-2H3. The van der Waals surface area contributed by atoms with Gasteiger partial charge in [-0.25, -0.2) is 4.79 Å². The summed E-state index contributed by atoms with van der Waals surface area (Å²) in [6, 6.07) is 3.38. The van der Waals surface area contributed by atoms with Gasteiger partial charge in [0.15, 0.2) is 0 Å². The van der Waals surface area contributed by atoms with Crippen molar-refractivity contribution in [3.63, 3.8) is 0 Å². The van der Waals surface area contributed by atoms with E-state index < -0.39 is 0 Å². The zero-order chi connectivity index (χ0) is 11.0. The van der Waals surface area contributed by atoms with Crippen LogP contribution in [0.4, 0.5) is 0 Å². The fraction of sp³-hybridized carbons (Fsp3) is 0.182. The van der Waals surface area contributed by atoms with Gasteiger partial charge in [0, 0.05) is 6.20 Å². The van der Waals surface area contributed by atoms with E-state index >= 15 is 0 Å². The number of hydrogen-bond donors (Lipinski definition) is 1. The number of esters is 1. The SMILES string of the molecule is [B]c1ccc(C(=O)OC)c2[nH]cc(C)c12. The molecule has 0 amide bonds. The molecule has 0 aliphatic carbocycles. The second kappa shape index (κ2) is 3.46. The molecule has 2 radical (unpaired) electrons. The first kappa shape index (κ1) is 9.83. The minimum atomic E-state index is -0.359. The maximum absolute atomic E-state index is 11.5. The normalized spacial score (nSPS) is 10.5. The summed E-state index contributed by atoms with van der Waals surface area (Å²) >= 11 is 0. The predicted molar refractivity (Wildman–Crippen MR) is 59.8 cm³/mol. The molecule has 0 unspecified atom stereocenters. The Morgan fingerprint density at radius 3 is 2.87 bits per heavy atom. The van der Waals surface area contributed by atoms with E-state index in [0.29, 0.717) is 11.0 Å². The van der Waals surface area contributed by atoms with Gasteiger partial charge in [-0.2, -0.15) is 0 Å². The summed E-state index contributed by atoms with van der Waals surface area (Å²) in [4.78, 5) is 14.5. The zero-order valence-corrected chi connectivity index (χ0v) is 8.63. The van der Waals surface area contributed by atoms with Crippen molar-refractivity contribution >= 4 is 30.2 Å². The minimum absolute atomic E-state index is 0.359. The van der Waals surface area contributed by atoms with Crippen molar-refractivity contribution < 1.29 is 9.53 Å². The Balaban J connectivity index is 2.78. The molecule has 15 heavy (non-hydrogen) atoms. The van der Waals surface area contributed by atoms with Crippen molar-refractivity contribution in [2.45, 2.75) is 6.92 Å². The maximum atomic E-state index is 11.5. The smallest absolute Gasteiger partial charge is 0.339 e. The number of aromatic nitrogens is 1. The number of methoxy groups -OCH3 is 1. The van der Waals surface area contributed by atoms with Crippen molar-refractivity contribution in [1.29, 1.82) is 0 Å². The monoisotopic (exact) mass is 199 g/mol. The van der Waals surface area contributed by atoms with Crippen LogP contribution in [-0.2, 0) is 4.74 Å². The van der Waals surface area contributed by atoms with Crippen molar-refractivity contribution in [3.8, 4) is 0 Å². The van der Waals surface area contributed by atoms with Gasteiger partial charge < -0.3 is 9.72 Å². The lowest BCUT2D eigenvalue weighted by atomic mass is 9.89. The van der Waals surface area contributed by atoms with E-state index in [2.05, 4.69) is 4.98 Å². The fourth-order valence-electron chi connectivity index (χ4n) is 1.73. The molecule has 0 spiro atoms. The molecule has 0 bridgehead atoms. The van der Waals surface area contributed by atoms with Crippen molar-refractivity contribution in [2.24, 2.45) is 0 Å². The number of benzene rings is 1.